The van der Waals surface area contributed by atoms with E-state index in [1.807, 2.05) is 36.4 Å². The minimum absolute atomic E-state index is 0.0504. The molecule has 1 aromatic carbocycles. The van der Waals surface area contributed by atoms with Crippen LogP contribution in [-0.4, -0.2) is 5.96 Å². The molecule has 0 spiro atoms. The van der Waals surface area contributed by atoms with E-state index in [0.717, 1.165) is 11.3 Å². The van der Waals surface area contributed by atoms with Gasteiger partial charge in [0.15, 0.2) is 5.96 Å². The molecule has 1 aromatic heterocycles. The Morgan fingerprint density at radius 2 is 1.82 bits per heavy atom. The molecular formula is C12H12ClN3O. The Morgan fingerprint density at radius 3 is 2.47 bits per heavy atom. The van der Waals surface area contributed by atoms with Crippen molar-refractivity contribution in [3.8, 4) is 11.3 Å². The van der Waals surface area contributed by atoms with Gasteiger partial charge < -0.3 is 15.9 Å². The van der Waals surface area contributed by atoms with E-state index in [9.17, 15) is 0 Å². The van der Waals surface area contributed by atoms with Crippen molar-refractivity contribution >= 4 is 17.6 Å². The van der Waals surface area contributed by atoms with E-state index in [0.29, 0.717) is 17.3 Å². The fourth-order valence-corrected chi connectivity index (χ4v) is 1.53. The van der Waals surface area contributed by atoms with Crippen LogP contribution in [0.2, 0.25) is 5.02 Å². The highest BCUT2D eigenvalue weighted by Gasteiger charge is 2.04. The zero-order chi connectivity index (χ0) is 12.3. The van der Waals surface area contributed by atoms with E-state index in [-0.39, 0.29) is 5.96 Å². The highest BCUT2D eigenvalue weighted by atomic mass is 35.5. The number of benzene rings is 1. The van der Waals surface area contributed by atoms with Gasteiger partial charge in [-0.2, -0.15) is 0 Å². The van der Waals surface area contributed by atoms with Gasteiger partial charge in [-0.05, 0) is 36.4 Å². The van der Waals surface area contributed by atoms with Crippen molar-refractivity contribution in [1.29, 1.82) is 0 Å². The van der Waals surface area contributed by atoms with Crippen molar-refractivity contribution in [2.24, 2.45) is 16.5 Å². The Balaban J connectivity index is 2.18. The molecule has 17 heavy (non-hydrogen) atoms. The first-order valence-electron chi connectivity index (χ1n) is 5.05. The molecule has 0 unspecified atom stereocenters. The third kappa shape index (κ3) is 3.01. The lowest BCUT2D eigenvalue weighted by atomic mass is 10.2. The minimum Gasteiger partial charge on any atom is -0.459 e. The second kappa shape index (κ2) is 4.93. The van der Waals surface area contributed by atoms with Crippen LogP contribution in [0, 0.1) is 0 Å². The minimum atomic E-state index is 0.0504. The van der Waals surface area contributed by atoms with Gasteiger partial charge in [-0.25, -0.2) is 4.99 Å². The second-order valence-corrected chi connectivity index (χ2v) is 3.95. The number of furan rings is 1. The van der Waals surface area contributed by atoms with E-state index in [1.165, 1.54) is 0 Å². The van der Waals surface area contributed by atoms with Crippen molar-refractivity contribution in [1.82, 2.24) is 0 Å². The highest BCUT2D eigenvalue weighted by Crippen LogP contribution is 2.23. The summed E-state index contributed by atoms with van der Waals surface area (Å²) in [5, 5.41) is 0.695. The predicted molar refractivity (Wildman–Crippen MR) is 68.7 cm³/mol. The van der Waals surface area contributed by atoms with Crippen LogP contribution in [0.25, 0.3) is 11.3 Å². The first-order valence-corrected chi connectivity index (χ1v) is 5.43. The Bertz CT molecular complexity index is 527. The summed E-state index contributed by atoms with van der Waals surface area (Å²) in [6, 6.07) is 11.1. The molecule has 0 atom stereocenters. The van der Waals surface area contributed by atoms with Crippen LogP contribution < -0.4 is 11.5 Å². The molecule has 0 aliphatic rings. The van der Waals surface area contributed by atoms with Gasteiger partial charge in [0, 0.05) is 10.6 Å². The fourth-order valence-electron chi connectivity index (χ4n) is 1.40. The van der Waals surface area contributed by atoms with Crippen LogP contribution in [0.5, 0.6) is 0 Å². The van der Waals surface area contributed by atoms with Crippen molar-refractivity contribution in [2.75, 3.05) is 0 Å². The van der Waals surface area contributed by atoms with Crippen LogP contribution in [-0.2, 0) is 6.54 Å². The number of nitrogens with zero attached hydrogens (tertiary/aromatic N) is 1. The Morgan fingerprint density at radius 1 is 1.12 bits per heavy atom. The molecule has 0 saturated heterocycles. The molecule has 0 saturated carbocycles. The topological polar surface area (TPSA) is 77.5 Å². The largest absolute Gasteiger partial charge is 0.459 e. The molecule has 88 valence electrons. The van der Waals surface area contributed by atoms with Gasteiger partial charge in [0.05, 0.1) is 0 Å². The normalized spacial score (nSPS) is 10.2. The molecular weight excluding hydrogens is 238 g/mol. The maximum Gasteiger partial charge on any atom is 0.186 e. The zero-order valence-corrected chi connectivity index (χ0v) is 9.82. The number of halogens is 1. The number of guanidine groups is 1. The monoisotopic (exact) mass is 249 g/mol. The summed E-state index contributed by atoms with van der Waals surface area (Å²) in [5.41, 5.74) is 11.5. The number of hydrogen-bond donors (Lipinski definition) is 2. The maximum atomic E-state index is 5.81. The predicted octanol–water partition coefficient (Wildman–Crippen LogP) is 2.37. The van der Waals surface area contributed by atoms with Gasteiger partial charge in [0.2, 0.25) is 0 Å². The molecule has 0 fully saturated rings. The summed E-state index contributed by atoms with van der Waals surface area (Å²) < 4.78 is 5.60. The Kier molecular flexibility index (Phi) is 3.35. The van der Waals surface area contributed by atoms with Crippen molar-refractivity contribution in [3.05, 3.63) is 47.2 Å². The van der Waals surface area contributed by atoms with Gasteiger partial charge in [0.25, 0.3) is 0 Å². The molecule has 0 aliphatic carbocycles. The first kappa shape index (κ1) is 11.5. The van der Waals surface area contributed by atoms with Crippen LogP contribution in [0.15, 0.2) is 45.8 Å². The molecule has 2 rings (SSSR count). The quantitative estimate of drug-likeness (QED) is 0.648. The third-order valence-corrected chi connectivity index (χ3v) is 2.46. The summed E-state index contributed by atoms with van der Waals surface area (Å²) in [4.78, 5) is 3.87. The van der Waals surface area contributed by atoms with E-state index < -0.39 is 0 Å². The first-order chi connectivity index (χ1) is 8.15. The summed E-state index contributed by atoms with van der Waals surface area (Å²) in [6.45, 7) is 0.343. The summed E-state index contributed by atoms with van der Waals surface area (Å²) in [7, 11) is 0. The molecule has 5 heteroatoms. The van der Waals surface area contributed by atoms with Gasteiger partial charge in [-0.3, -0.25) is 0 Å². The van der Waals surface area contributed by atoms with Crippen LogP contribution in [0.3, 0.4) is 0 Å². The zero-order valence-electron chi connectivity index (χ0n) is 9.06. The number of hydrogen-bond acceptors (Lipinski definition) is 2. The van der Waals surface area contributed by atoms with Crippen molar-refractivity contribution in [3.63, 3.8) is 0 Å². The van der Waals surface area contributed by atoms with E-state index >= 15 is 0 Å². The van der Waals surface area contributed by atoms with E-state index in [1.54, 1.807) is 0 Å². The number of nitrogens with two attached hydrogens (primary N) is 2. The molecule has 0 radical (unpaired) electrons. The molecule has 2 aromatic rings. The van der Waals surface area contributed by atoms with Gasteiger partial charge >= 0.3 is 0 Å². The number of rotatable bonds is 3. The van der Waals surface area contributed by atoms with Crippen molar-refractivity contribution in [2.45, 2.75) is 6.54 Å². The highest BCUT2D eigenvalue weighted by molar-refractivity contribution is 6.30. The number of aliphatic imine (C=N–C) groups is 1. The molecule has 0 bridgehead atoms. The average molecular weight is 250 g/mol. The third-order valence-electron chi connectivity index (χ3n) is 2.21. The summed E-state index contributed by atoms with van der Waals surface area (Å²) >= 11 is 5.81. The lowest BCUT2D eigenvalue weighted by molar-refractivity contribution is 0.525. The smallest absolute Gasteiger partial charge is 0.186 e. The van der Waals surface area contributed by atoms with E-state index in [4.69, 9.17) is 27.5 Å². The van der Waals surface area contributed by atoms with Gasteiger partial charge in [-0.1, -0.05) is 11.6 Å². The van der Waals surface area contributed by atoms with Crippen LogP contribution >= 0.6 is 11.6 Å². The average Bonchev–Trinajstić information content (AvgIpc) is 2.76. The van der Waals surface area contributed by atoms with Gasteiger partial charge in [0.1, 0.15) is 18.1 Å². The fraction of sp³-hybridized carbons (Fsp3) is 0.0833. The van der Waals surface area contributed by atoms with Gasteiger partial charge in [-0.15, -0.1) is 0 Å². The van der Waals surface area contributed by atoms with Crippen molar-refractivity contribution < 1.29 is 4.42 Å². The Hall–Kier alpha value is -1.94. The SMILES string of the molecule is NC(N)=NCc1ccc(-c2ccc(Cl)cc2)o1. The Labute approximate surface area is 104 Å². The molecule has 0 amide bonds. The standard InChI is InChI=1S/C12H12ClN3O/c13-9-3-1-8(2-4-9)11-6-5-10(17-11)7-16-12(14)15/h1-6H,7H2,(H4,14,15,16). The molecule has 4 nitrogen and oxygen atoms in total. The van der Waals surface area contributed by atoms with Crippen LogP contribution in [0.4, 0.5) is 0 Å². The lowest BCUT2D eigenvalue weighted by Crippen LogP contribution is -2.22. The molecule has 4 N–H and O–H groups in total. The lowest BCUT2D eigenvalue weighted by Gasteiger charge is -1.97. The molecule has 0 aliphatic heterocycles. The van der Waals surface area contributed by atoms with E-state index in [2.05, 4.69) is 4.99 Å². The molecule has 1 heterocycles. The summed E-state index contributed by atoms with van der Waals surface area (Å²) in [5.74, 6) is 1.53. The second-order valence-electron chi connectivity index (χ2n) is 3.51. The van der Waals surface area contributed by atoms with Crippen LogP contribution in [0.1, 0.15) is 5.76 Å². The summed E-state index contributed by atoms with van der Waals surface area (Å²) in [6.07, 6.45) is 0. The maximum absolute atomic E-state index is 5.81.